The van der Waals surface area contributed by atoms with Crippen LogP contribution in [0, 0.1) is 0 Å². The number of aromatic hydroxyl groups is 1. The Balaban J connectivity index is 1.83. The predicted octanol–water partition coefficient (Wildman–Crippen LogP) is 3.64. The van der Waals surface area contributed by atoms with Gasteiger partial charge in [-0.25, -0.2) is 0 Å². The molecule has 138 valence electrons. The molecule has 1 saturated heterocycles. The zero-order valence-electron chi connectivity index (χ0n) is 14.6. The summed E-state index contributed by atoms with van der Waals surface area (Å²) >= 11 is 6.41. The minimum Gasteiger partial charge on any atom is -0.507 e. The van der Waals surface area contributed by atoms with Gasteiger partial charge in [-0.3, -0.25) is 4.79 Å². The SMILES string of the molecule is COc1ccc(/C=C2/SC(=S)N(/N=C/c3ccccc3O)C2=O)cc1OC. The van der Waals surface area contributed by atoms with Gasteiger partial charge in [0.25, 0.3) is 5.91 Å². The lowest BCUT2D eigenvalue weighted by atomic mass is 10.2. The Bertz CT molecular complexity index is 956. The third-order valence-electron chi connectivity index (χ3n) is 3.73. The van der Waals surface area contributed by atoms with Crippen molar-refractivity contribution < 1.29 is 19.4 Å². The molecule has 0 radical (unpaired) electrons. The average Bonchev–Trinajstić information content (AvgIpc) is 2.94. The Morgan fingerprint density at radius 2 is 1.89 bits per heavy atom. The summed E-state index contributed by atoms with van der Waals surface area (Å²) in [5.41, 5.74) is 1.27. The van der Waals surface area contributed by atoms with Crippen LogP contribution in [-0.4, -0.2) is 40.8 Å². The number of ether oxygens (including phenoxy) is 2. The van der Waals surface area contributed by atoms with E-state index in [-0.39, 0.29) is 11.7 Å². The molecule has 1 heterocycles. The molecule has 6 nitrogen and oxygen atoms in total. The molecule has 1 amide bonds. The molecule has 0 aromatic heterocycles. The molecule has 1 N–H and O–H groups in total. The summed E-state index contributed by atoms with van der Waals surface area (Å²) in [7, 11) is 3.11. The molecule has 2 aromatic carbocycles. The van der Waals surface area contributed by atoms with Crippen molar-refractivity contribution >= 4 is 46.5 Å². The van der Waals surface area contributed by atoms with Gasteiger partial charge in [-0.1, -0.05) is 30.0 Å². The standard InChI is InChI=1S/C19H16N2O4S2/c1-24-15-8-7-12(9-16(15)25-2)10-17-18(23)21(19(26)27-17)20-11-13-5-3-4-6-14(13)22/h3-11,22H,1-2H3/b17-10+,20-11+. The summed E-state index contributed by atoms with van der Waals surface area (Å²) in [5.74, 6) is 0.924. The molecule has 0 unspecified atom stereocenters. The van der Waals surface area contributed by atoms with E-state index in [0.29, 0.717) is 26.3 Å². The number of hydrazone groups is 1. The number of phenols is 1. The van der Waals surface area contributed by atoms with Crippen molar-refractivity contribution in [3.63, 3.8) is 0 Å². The van der Waals surface area contributed by atoms with E-state index < -0.39 is 0 Å². The number of rotatable bonds is 5. The van der Waals surface area contributed by atoms with Crippen molar-refractivity contribution in [2.75, 3.05) is 14.2 Å². The molecular weight excluding hydrogens is 384 g/mol. The van der Waals surface area contributed by atoms with Gasteiger partial charge >= 0.3 is 0 Å². The molecule has 8 heteroatoms. The van der Waals surface area contributed by atoms with Crippen molar-refractivity contribution in [2.45, 2.75) is 0 Å². The number of carbonyl (C=O) groups excluding carboxylic acids is 1. The molecule has 2 aromatic rings. The maximum atomic E-state index is 12.6. The first-order valence-electron chi connectivity index (χ1n) is 7.85. The fourth-order valence-corrected chi connectivity index (χ4v) is 3.54. The molecular formula is C19H16N2O4S2. The Morgan fingerprint density at radius 1 is 1.15 bits per heavy atom. The van der Waals surface area contributed by atoms with E-state index >= 15 is 0 Å². The van der Waals surface area contributed by atoms with Crippen LogP contribution >= 0.6 is 24.0 Å². The van der Waals surface area contributed by atoms with Crippen LogP contribution in [-0.2, 0) is 4.79 Å². The second-order valence-electron chi connectivity index (χ2n) is 5.41. The third-order valence-corrected chi connectivity index (χ3v) is 5.01. The molecule has 0 saturated carbocycles. The Labute approximate surface area is 166 Å². The van der Waals surface area contributed by atoms with Crippen molar-refractivity contribution in [1.29, 1.82) is 0 Å². The van der Waals surface area contributed by atoms with Crippen molar-refractivity contribution in [2.24, 2.45) is 5.10 Å². The molecule has 0 bridgehead atoms. The molecule has 1 aliphatic heterocycles. The summed E-state index contributed by atoms with van der Waals surface area (Å²) < 4.78 is 10.8. The number of hydrogen-bond donors (Lipinski definition) is 1. The fourth-order valence-electron chi connectivity index (χ4n) is 2.37. The van der Waals surface area contributed by atoms with Crippen LogP contribution in [0.3, 0.4) is 0 Å². The first-order chi connectivity index (χ1) is 13.0. The first-order valence-corrected chi connectivity index (χ1v) is 9.08. The van der Waals surface area contributed by atoms with Gasteiger partial charge in [0.05, 0.1) is 25.3 Å². The van der Waals surface area contributed by atoms with Crippen molar-refractivity contribution in [1.82, 2.24) is 5.01 Å². The van der Waals surface area contributed by atoms with Crippen LogP contribution in [0.2, 0.25) is 0 Å². The number of methoxy groups -OCH3 is 2. The van der Waals surface area contributed by atoms with E-state index in [1.807, 2.05) is 6.07 Å². The molecule has 0 aliphatic carbocycles. The van der Waals surface area contributed by atoms with Gasteiger partial charge in [-0.2, -0.15) is 10.1 Å². The zero-order valence-corrected chi connectivity index (χ0v) is 16.2. The van der Waals surface area contributed by atoms with Gasteiger partial charge < -0.3 is 14.6 Å². The summed E-state index contributed by atoms with van der Waals surface area (Å²) in [5, 5.41) is 15.0. The lowest BCUT2D eigenvalue weighted by Gasteiger charge is -2.08. The van der Waals surface area contributed by atoms with E-state index in [0.717, 1.165) is 22.3 Å². The summed E-state index contributed by atoms with van der Waals surface area (Å²) in [6.45, 7) is 0. The van der Waals surface area contributed by atoms with Gasteiger partial charge in [0.15, 0.2) is 15.8 Å². The molecule has 3 rings (SSSR count). The monoisotopic (exact) mass is 400 g/mol. The topological polar surface area (TPSA) is 71.4 Å². The molecule has 1 aliphatic rings. The number of nitrogens with zero attached hydrogens (tertiary/aromatic N) is 2. The van der Waals surface area contributed by atoms with Crippen molar-refractivity contribution in [3.05, 3.63) is 58.5 Å². The van der Waals surface area contributed by atoms with E-state index in [1.54, 1.807) is 56.7 Å². The van der Waals surface area contributed by atoms with Gasteiger partial charge in [-0.05, 0) is 48.1 Å². The van der Waals surface area contributed by atoms with Crippen LogP contribution in [0.4, 0.5) is 0 Å². The van der Waals surface area contributed by atoms with Crippen LogP contribution in [0.15, 0.2) is 52.5 Å². The van der Waals surface area contributed by atoms with Gasteiger partial charge in [0, 0.05) is 5.56 Å². The minimum absolute atomic E-state index is 0.0764. The highest BCUT2D eigenvalue weighted by atomic mass is 32.2. The molecule has 0 spiro atoms. The number of para-hydroxylation sites is 1. The smallest absolute Gasteiger partial charge is 0.286 e. The van der Waals surface area contributed by atoms with E-state index in [1.165, 1.54) is 6.21 Å². The zero-order chi connectivity index (χ0) is 19.4. The third kappa shape index (κ3) is 4.12. The number of benzene rings is 2. The number of phenolic OH excluding ortho intramolecular Hbond substituents is 1. The normalized spacial score (nSPS) is 15.8. The van der Waals surface area contributed by atoms with E-state index in [9.17, 15) is 9.90 Å². The fraction of sp³-hybridized carbons (Fsp3) is 0.105. The van der Waals surface area contributed by atoms with Crippen LogP contribution < -0.4 is 9.47 Å². The van der Waals surface area contributed by atoms with Gasteiger partial charge in [0.2, 0.25) is 0 Å². The van der Waals surface area contributed by atoms with E-state index in [2.05, 4.69) is 5.10 Å². The lowest BCUT2D eigenvalue weighted by Crippen LogP contribution is -2.22. The second-order valence-corrected chi connectivity index (χ2v) is 7.09. The molecule has 1 fully saturated rings. The quantitative estimate of drug-likeness (QED) is 0.469. The highest BCUT2D eigenvalue weighted by Gasteiger charge is 2.32. The highest BCUT2D eigenvalue weighted by Crippen LogP contribution is 2.34. The van der Waals surface area contributed by atoms with Crippen LogP contribution in [0.25, 0.3) is 6.08 Å². The lowest BCUT2D eigenvalue weighted by molar-refractivity contribution is -0.122. The Morgan fingerprint density at radius 3 is 2.59 bits per heavy atom. The Kier molecular flexibility index (Phi) is 5.78. The number of thioether (sulfide) groups is 1. The van der Waals surface area contributed by atoms with Gasteiger partial charge in [-0.15, -0.1) is 0 Å². The van der Waals surface area contributed by atoms with Crippen molar-refractivity contribution in [3.8, 4) is 17.2 Å². The number of thiocarbonyl (C=S) groups is 1. The maximum absolute atomic E-state index is 12.6. The predicted molar refractivity (Wildman–Crippen MR) is 110 cm³/mol. The second kappa shape index (κ2) is 8.24. The summed E-state index contributed by atoms with van der Waals surface area (Å²) in [6, 6.07) is 12.1. The number of carbonyl (C=O) groups is 1. The summed E-state index contributed by atoms with van der Waals surface area (Å²) in [6.07, 6.45) is 3.12. The van der Waals surface area contributed by atoms with Gasteiger partial charge in [0.1, 0.15) is 5.75 Å². The Hall–Kier alpha value is -2.84. The highest BCUT2D eigenvalue weighted by molar-refractivity contribution is 8.26. The van der Waals surface area contributed by atoms with Crippen LogP contribution in [0.1, 0.15) is 11.1 Å². The summed E-state index contributed by atoms with van der Waals surface area (Å²) in [4.78, 5) is 13.1. The minimum atomic E-state index is -0.327. The first kappa shape index (κ1) is 18.9. The number of hydrogen-bond acceptors (Lipinski definition) is 7. The maximum Gasteiger partial charge on any atom is 0.286 e. The molecule has 27 heavy (non-hydrogen) atoms. The molecule has 0 atom stereocenters. The number of amides is 1. The largest absolute Gasteiger partial charge is 0.507 e. The average molecular weight is 400 g/mol. The van der Waals surface area contributed by atoms with Crippen LogP contribution in [0.5, 0.6) is 17.2 Å². The van der Waals surface area contributed by atoms with E-state index in [4.69, 9.17) is 21.7 Å².